The molecule has 0 saturated carbocycles. The molecule has 1 aliphatic rings. The molecule has 5 heteroatoms. The van der Waals surface area contributed by atoms with Crippen LogP contribution >= 0.6 is 15.9 Å². The lowest BCUT2D eigenvalue weighted by Crippen LogP contribution is -2.46. The van der Waals surface area contributed by atoms with Crippen molar-refractivity contribution >= 4 is 27.6 Å². The van der Waals surface area contributed by atoms with Crippen molar-refractivity contribution < 1.29 is 14.0 Å². The molecule has 1 amide bonds. The van der Waals surface area contributed by atoms with E-state index in [1.807, 2.05) is 0 Å². The number of likely N-dealkylation sites (tertiary alicyclic amines) is 1. The number of amides is 1. The van der Waals surface area contributed by atoms with Gasteiger partial charge in [0.25, 0.3) is 5.91 Å². The number of ketones is 1. The van der Waals surface area contributed by atoms with Crippen molar-refractivity contribution in [3.63, 3.8) is 0 Å². The van der Waals surface area contributed by atoms with Crippen molar-refractivity contribution in [1.29, 1.82) is 0 Å². The Morgan fingerprint density at radius 2 is 2.11 bits per heavy atom. The van der Waals surface area contributed by atoms with Crippen molar-refractivity contribution in [2.24, 2.45) is 0 Å². The van der Waals surface area contributed by atoms with Crippen molar-refractivity contribution in [3.05, 3.63) is 34.1 Å². The Morgan fingerprint density at radius 1 is 1.44 bits per heavy atom. The van der Waals surface area contributed by atoms with Gasteiger partial charge in [0.2, 0.25) is 0 Å². The van der Waals surface area contributed by atoms with E-state index < -0.39 is 17.3 Å². The van der Waals surface area contributed by atoms with E-state index in [1.165, 1.54) is 23.1 Å². The van der Waals surface area contributed by atoms with E-state index >= 15 is 0 Å². The van der Waals surface area contributed by atoms with Gasteiger partial charge in [0.1, 0.15) is 5.82 Å². The van der Waals surface area contributed by atoms with Crippen molar-refractivity contribution in [2.75, 3.05) is 6.54 Å². The Balaban J connectivity index is 2.38. The quantitative estimate of drug-likeness (QED) is 0.799. The fourth-order valence-corrected chi connectivity index (χ4v) is 2.47. The average Bonchev–Trinajstić information content (AvgIpc) is 2.57. The highest BCUT2D eigenvalue weighted by molar-refractivity contribution is 9.10. The number of benzene rings is 1. The first kappa shape index (κ1) is 13.2. The number of nitrogens with zero attached hydrogens (tertiary/aromatic N) is 1. The fourth-order valence-electron chi connectivity index (χ4n) is 2.11. The summed E-state index contributed by atoms with van der Waals surface area (Å²) < 4.78 is 14.3. The van der Waals surface area contributed by atoms with Crippen LogP contribution < -0.4 is 0 Å². The van der Waals surface area contributed by atoms with Gasteiger partial charge in [-0.05, 0) is 32.0 Å². The lowest BCUT2D eigenvalue weighted by molar-refractivity contribution is -0.123. The van der Waals surface area contributed by atoms with E-state index in [4.69, 9.17) is 0 Å². The van der Waals surface area contributed by atoms with Gasteiger partial charge in [0, 0.05) is 17.4 Å². The Hall–Kier alpha value is -1.23. The van der Waals surface area contributed by atoms with E-state index in [0.29, 0.717) is 17.4 Å². The highest BCUT2D eigenvalue weighted by Gasteiger charge is 2.43. The molecule has 1 saturated heterocycles. The van der Waals surface area contributed by atoms with Crippen molar-refractivity contribution in [3.8, 4) is 0 Å². The number of halogens is 2. The topological polar surface area (TPSA) is 37.4 Å². The highest BCUT2D eigenvalue weighted by atomic mass is 79.9. The molecule has 0 aliphatic carbocycles. The molecule has 96 valence electrons. The molecular weight excluding hydrogens is 301 g/mol. The largest absolute Gasteiger partial charge is 0.326 e. The Bertz CT molecular complexity index is 528. The van der Waals surface area contributed by atoms with Crippen LogP contribution in [0.15, 0.2) is 22.7 Å². The molecule has 1 fully saturated rings. The molecule has 0 N–H and O–H groups in total. The molecule has 3 nitrogen and oxygen atoms in total. The van der Waals surface area contributed by atoms with Crippen LogP contribution in [0.4, 0.5) is 4.39 Å². The molecule has 0 aromatic heterocycles. The van der Waals surface area contributed by atoms with Crippen LogP contribution in [-0.2, 0) is 4.79 Å². The number of carbonyl (C=O) groups excluding carboxylic acids is 2. The molecule has 1 aliphatic heterocycles. The van der Waals surface area contributed by atoms with Gasteiger partial charge in [-0.2, -0.15) is 0 Å². The van der Waals surface area contributed by atoms with Crippen LogP contribution in [0, 0.1) is 5.82 Å². The molecule has 0 atom stereocenters. The monoisotopic (exact) mass is 313 g/mol. The summed E-state index contributed by atoms with van der Waals surface area (Å²) in [4.78, 5) is 25.4. The van der Waals surface area contributed by atoms with E-state index in [2.05, 4.69) is 15.9 Å². The fraction of sp³-hybridized carbons (Fsp3) is 0.385. The number of Topliss-reactive ketones (excluding diaryl/α,β-unsaturated/α-hetero) is 1. The molecule has 0 bridgehead atoms. The highest BCUT2D eigenvalue weighted by Crippen LogP contribution is 2.28. The maximum absolute atomic E-state index is 13.7. The Kier molecular flexibility index (Phi) is 3.27. The summed E-state index contributed by atoms with van der Waals surface area (Å²) in [5.41, 5.74) is -0.863. The summed E-state index contributed by atoms with van der Waals surface area (Å²) in [5, 5.41) is 0. The molecule has 1 heterocycles. The third-order valence-electron chi connectivity index (χ3n) is 3.32. The first-order valence-corrected chi connectivity index (χ1v) is 6.43. The molecule has 0 unspecified atom stereocenters. The summed E-state index contributed by atoms with van der Waals surface area (Å²) >= 11 is 3.21. The SMILES string of the molecule is CC1(C)C(=O)CCN1C(=O)c1cc(Br)ccc1F. The summed E-state index contributed by atoms with van der Waals surface area (Å²) in [6, 6.07) is 4.21. The molecule has 1 aromatic carbocycles. The van der Waals surface area contributed by atoms with Crippen LogP contribution in [-0.4, -0.2) is 28.7 Å². The molecule has 1 aromatic rings. The molecule has 2 rings (SSSR count). The predicted molar refractivity (Wildman–Crippen MR) is 68.8 cm³/mol. The van der Waals surface area contributed by atoms with E-state index in [0.717, 1.165) is 0 Å². The smallest absolute Gasteiger partial charge is 0.257 e. The van der Waals surface area contributed by atoms with Gasteiger partial charge in [-0.25, -0.2) is 4.39 Å². The molecular formula is C13H13BrFNO2. The summed E-state index contributed by atoms with van der Waals surface area (Å²) in [6.45, 7) is 3.73. The summed E-state index contributed by atoms with van der Waals surface area (Å²) in [7, 11) is 0. The normalized spacial score (nSPS) is 18.2. The van der Waals surface area contributed by atoms with Gasteiger partial charge >= 0.3 is 0 Å². The second-order valence-electron chi connectivity index (χ2n) is 4.81. The third kappa shape index (κ3) is 2.07. The van der Waals surface area contributed by atoms with Crippen molar-refractivity contribution in [1.82, 2.24) is 4.90 Å². The standard InChI is InChI=1S/C13H13BrFNO2/c1-13(2)11(17)5-6-16(13)12(18)9-7-8(14)3-4-10(9)15/h3-4,7H,5-6H2,1-2H3. The summed E-state index contributed by atoms with van der Waals surface area (Å²) in [5.74, 6) is -1.01. The summed E-state index contributed by atoms with van der Waals surface area (Å²) in [6.07, 6.45) is 0.328. The second-order valence-corrected chi connectivity index (χ2v) is 5.73. The molecule has 0 spiro atoms. The van der Waals surface area contributed by atoms with E-state index in [9.17, 15) is 14.0 Å². The van der Waals surface area contributed by atoms with E-state index in [-0.39, 0.29) is 11.3 Å². The van der Waals surface area contributed by atoms with E-state index in [1.54, 1.807) is 13.8 Å². The Morgan fingerprint density at radius 3 is 2.67 bits per heavy atom. The minimum atomic E-state index is -0.855. The van der Waals surface area contributed by atoms with Gasteiger partial charge < -0.3 is 4.90 Å². The van der Waals surface area contributed by atoms with Gasteiger partial charge in [0.05, 0.1) is 11.1 Å². The zero-order valence-electron chi connectivity index (χ0n) is 10.2. The number of carbonyl (C=O) groups is 2. The van der Waals surface area contributed by atoms with Gasteiger partial charge in [0.15, 0.2) is 5.78 Å². The second kappa shape index (κ2) is 4.46. The van der Waals surface area contributed by atoms with Crippen LogP contribution in [0.1, 0.15) is 30.6 Å². The van der Waals surface area contributed by atoms with Crippen LogP contribution in [0.5, 0.6) is 0 Å². The average molecular weight is 314 g/mol. The van der Waals surface area contributed by atoms with Crippen LogP contribution in [0.25, 0.3) is 0 Å². The Labute approximate surface area is 113 Å². The first-order chi connectivity index (χ1) is 8.34. The van der Waals surface area contributed by atoms with Gasteiger partial charge in [-0.3, -0.25) is 9.59 Å². The lowest BCUT2D eigenvalue weighted by atomic mass is 10.00. The predicted octanol–water partition coefficient (Wildman–Crippen LogP) is 2.78. The number of hydrogen-bond acceptors (Lipinski definition) is 2. The first-order valence-electron chi connectivity index (χ1n) is 5.64. The van der Waals surface area contributed by atoms with Crippen molar-refractivity contribution in [2.45, 2.75) is 25.8 Å². The lowest BCUT2D eigenvalue weighted by Gasteiger charge is -2.30. The maximum atomic E-state index is 13.7. The third-order valence-corrected chi connectivity index (χ3v) is 3.82. The van der Waals surface area contributed by atoms with Gasteiger partial charge in [-0.1, -0.05) is 15.9 Å². The minimum absolute atomic E-state index is 0.00579. The maximum Gasteiger partial charge on any atom is 0.257 e. The minimum Gasteiger partial charge on any atom is -0.326 e. The zero-order chi connectivity index (χ0) is 13.5. The van der Waals surface area contributed by atoms with Crippen LogP contribution in [0.3, 0.4) is 0 Å². The van der Waals surface area contributed by atoms with Crippen LogP contribution in [0.2, 0.25) is 0 Å². The van der Waals surface area contributed by atoms with Gasteiger partial charge in [-0.15, -0.1) is 0 Å². The molecule has 0 radical (unpaired) electrons. The number of rotatable bonds is 1. The number of hydrogen-bond donors (Lipinski definition) is 0. The molecule has 18 heavy (non-hydrogen) atoms. The zero-order valence-corrected chi connectivity index (χ0v) is 11.8.